The van der Waals surface area contributed by atoms with E-state index in [0.29, 0.717) is 17.8 Å². The number of alkyl halides is 6. The summed E-state index contributed by atoms with van der Waals surface area (Å²) in [6, 6.07) is 5.02. The first kappa shape index (κ1) is 18.9. The minimum Gasteiger partial charge on any atom is -0.335 e. The van der Waals surface area contributed by atoms with Crippen molar-refractivity contribution in [3.63, 3.8) is 0 Å². The summed E-state index contributed by atoms with van der Waals surface area (Å²) in [6.45, 7) is 0. The average Bonchev–Trinajstić information content (AvgIpc) is 2.95. The predicted octanol–water partition coefficient (Wildman–Crippen LogP) is 3.03. The van der Waals surface area contributed by atoms with Crippen molar-refractivity contribution in [3.8, 4) is 11.5 Å². The Morgan fingerprint density at radius 3 is 2.26 bits per heavy atom. The van der Waals surface area contributed by atoms with Crippen molar-refractivity contribution in [3.05, 3.63) is 42.0 Å². The summed E-state index contributed by atoms with van der Waals surface area (Å²) in [4.78, 5) is 11.2. The van der Waals surface area contributed by atoms with Gasteiger partial charge in [0.1, 0.15) is 16.4 Å². The topological polar surface area (TPSA) is 95.4 Å². The molecule has 3 aromatic rings. The molecule has 0 saturated carbocycles. The fraction of sp³-hybridized carbons (Fsp3) is 0.154. The smallest absolute Gasteiger partial charge is 0.335 e. The van der Waals surface area contributed by atoms with Crippen molar-refractivity contribution < 1.29 is 26.3 Å². The Morgan fingerprint density at radius 2 is 1.70 bits per heavy atom. The lowest BCUT2D eigenvalue weighted by atomic mass is 10.3. The lowest BCUT2D eigenvalue weighted by molar-refractivity contribution is -0.146. The standard InChI is InChI=1S/C13H7F6N7S/c14-12(15,16)7-5-8(23-9(22-7)6-3-1-2-4-21-6)27-11-25-24-10(26(11)20)13(17,18)19/h1-5H,20H2. The normalized spacial score (nSPS) is 12.4. The Balaban J connectivity index is 2.04. The zero-order chi connectivity index (χ0) is 19.8. The number of nitrogen functional groups attached to an aromatic ring is 1. The quantitative estimate of drug-likeness (QED) is 0.405. The molecule has 3 aromatic heterocycles. The second-order valence-corrected chi connectivity index (χ2v) is 5.89. The van der Waals surface area contributed by atoms with Gasteiger partial charge in [0.15, 0.2) is 5.82 Å². The van der Waals surface area contributed by atoms with E-state index in [2.05, 4.69) is 25.1 Å². The maximum atomic E-state index is 13.1. The number of nitrogens with two attached hydrogens (primary N) is 1. The molecule has 14 heteroatoms. The van der Waals surface area contributed by atoms with Crippen LogP contribution in [0.25, 0.3) is 11.5 Å². The van der Waals surface area contributed by atoms with Crippen LogP contribution < -0.4 is 5.84 Å². The highest BCUT2D eigenvalue weighted by Crippen LogP contribution is 2.34. The number of rotatable bonds is 3. The van der Waals surface area contributed by atoms with Crippen LogP contribution in [0.1, 0.15) is 11.5 Å². The number of halogens is 6. The highest BCUT2D eigenvalue weighted by Gasteiger charge is 2.39. The second kappa shape index (κ2) is 6.68. The molecule has 0 radical (unpaired) electrons. The zero-order valence-corrected chi connectivity index (χ0v) is 13.6. The highest BCUT2D eigenvalue weighted by atomic mass is 32.2. The molecular formula is C13H7F6N7S. The summed E-state index contributed by atoms with van der Waals surface area (Å²) in [6.07, 6.45) is -8.35. The van der Waals surface area contributed by atoms with E-state index in [4.69, 9.17) is 5.84 Å². The molecule has 7 nitrogen and oxygen atoms in total. The van der Waals surface area contributed by atoms with E-state index in [1.807, 2.05) is 0 Å². The SMILES string of the molecule is Nn1c(Sc2cc(C(F)(F)F)nc(-c3ccccn3)n2)nnc1C(F)(F)F. The fourth-order valence-electron chi connectivity index (χ4n) is 1.87. The molecule has 0 saturated heterocycles. The molecule has 3 rings (SSSR count). The van der Waals surface area contributed by atoms with Gasteiger partial charge in [0.25, 0.3) is 5.82 Å². The van der Waals surface area contributed by atoms with Crippen LogP contribution in [0.2, 0.25) is 0 Å². The van der Waals surface area contributed by atoms with E-state index >= 15 is 0 Å². The fourth-order valence-corrected chi connectivity index (χ4v) is 2.62. The van der Waals surface area contributed by atoms with Crippen molar-refractivity contribution in [2.75, 3.05) is 5.84 Å². The summed E-state index contributed by atoms with van der Waals surface area (Å²) in [5, 5.41) is 5.32. The maximum absolute atomic E-state index is 13.1. The van der Waals surface area contributed by atoms with Crippen molar-refractivity contribution >= 4 is 11.8 Å². The predicted molar refractivity (Wildman–Crippen MR) is 79.6 cm³/mol. The Bertz CT molecular complexity index is 954. The molecule has 0 atom stereocenters. The molecule has 0 unspecified atom stereocenters. The van der Waals surface area contributed by atoms with Crippen LogP contribution >= 0.6 is 11.8 Å². The number of hydrogen-bond acceptors (Lipinski definition) is 7. The molecule has 0 aliphatic carbocycles. The average molecular weight is 407 g/mol. The highest BCUT2D eigenvalue weighted by molar-refractivity contribution is 7.99. The van der Waals surface area contributed by atoms with Crippen LogP contribution in [0.15, 0.2) is 40.6 Å². The second-order valence-electron chi connectivity index (χ2n) is 4.90. The van der Waals surface area contributed by atoms with Gasteiger partial charge in [0.2, 0.25) is 5.16 Å². The Morgan fingerprint density at radius 1 is 0.963 bits per heavy atom. The summed E-state index contributed by atoms with van der Waals surface area (Å²) in [5.74, 6) is 3.43. The number of pyridine rings is 1. The van der Waals surface area contributed by atoms with Gasteiger partial charge in [-0.15, -0.1) is 10.2 Å². The lowest BCUT2D eigenvalue weighted by Crippen LogP contribution is -2.21. The van der Waals surface area contributed by atoms with Crippen molar-refractivity contribution in [1.82, 2.24) is 29.8 Å². The molecular weight excluding hydrogens is 400 g/mol. The first-order chi connectivity index (χ1) is 12.6. The molecule has 0 aromatic carbocycles. The maximum Gasteiger partial charge on any atom is 0.453 e. The van der Waals surface area contributed by atoms with Gasteiger partial charge < -0.3 is 5.84 Å². The van der Waals surface area contributed by atoms with Crippen molar-refractivity contribution in [2.24, 2.45) is 0 Å². The number of aromatic nitrogens is 6. The van der Waals surface area contributed by atoms with Gasteiger partial charge >= 0.3 is 12.4 Å². The van der Waals surface area contributed by atoms with Gasteiger partial charge in [-0.3, -0.25) is 4.98 Å². The third-order valence-corrected chi connectivity index (χ3v) is 3.88. The Labute approximate surface area is 150 Å². The molecule has 2 N–H and O–H groups in total. The number of nitrogens with zero attached hydrogens (tertiary/aromatic N) is 6. The molecule has 0 aliphatic rings. The first-order valence-electron chi connectivity index (χ1n) is 6.89. The van der Waals surface area contributed by atoms with E-state index in [1.54, 1.807) is 6.07 Å². The minimum atomic E-state index is -4.87. The van der Waals surface area contributed by atoms with Gasteiger partial charge in [-0.05, 0) is 23.9 Å². The van der Waals surface area contributed by atoms with Gasteiger partial charge in [0, 0.05) is 12.3 Å². The molecule has 3 heterocycles. The monoisotopic (exact) mass is 407 g/mol. The zero-order valence-electron chi connectivity index (χ0n) is 12.8. The third-order valence-electron chi connectivity index (χ3n) is 3.00. The van der Waals surface area contributed by atoms with E-state index in [-0.39, 0.29) is 21.2 Å². The van der Waals surface area contributed by atoms with Gasteiger partial charge in [-0.2, -0.15) is 26.3 Å². The van der Waals surface area contributed by atoms with Crippen LogP contribution in [0.5, 0.6) is 0 Å². The largest absolute Gasteiger partial charge is 0.453 e. The molecule has 0 bridgehead atoms. The summed E-state index contributed by atoms with van der Waals surface area (Å²) < 4.78 is 77.6. The van der Waals surface area contributed by atoms with Gasteiger partial charge in [-0.1, -0.05) is 6.07 Å². The minimum absolute atomic E-state index is 0.0515. The van der Waals surface area contributed by atoms with Gasteiger partial charge in [-0.25, -0.2) is 14.6 Å². The van der Waals surface area contributed by atoms with E-state index in [1.165, 1.54) is 18.3 Å². The molecule has 27 heavy (non-hydrogen) atoms. The van der Waals surface area contributed by atoms with E-state index in [0.717, 1.165) is 0 Å². The molecule has 0 amide bonds. The molecule has 0 aliphatic heterocycles. The van der Waals surface area contributed by atoms with E-state index < -0.39 is 29.0 Å². The van der Waals surface area contributed by atoms with Crippen LogP contribution in [0, 0.1) is 0 Å². The summed E-state index contributed by atoms with van der Waals surface area (Å²) >= 11 is 0.376. The lowest BCUT2D eigenvalue weighted by Gasteiger charge is -2.10. The van der Waals surface area contributed by atoms with Crippen molar-refractivity contribution in [2.45, 2.75) is 22.5 Å². The first-order valence-corrected chi connectivity index (χ1v) is 7.70. The number of hydrogen-bond donors (Lipinski definition) is 1. The Kier molecular flexibility index (Phi) is 4.67. The molecule has 0 spiro atoms. The third kappa shape index (κ3) is 4.10. The molecule has 142 valence electrons. The summed E-state index contributed by atoms with van der Waals surface area (Å²) in [7, 11) is 0. The summed E-state index contributed by atoms with van der Waals surface area (Å²) in [5.41, 5.74) is -1.24. The van der Waals surface area contributed by atoms with Crippen LogP contribution in [-0.4, -0.2) is 29.8 Å². The van der Waals surface area contributed by atoms with Crippen LogP contribution in [0.4, 0.5) is 26.3 Å². The van der Waals surface area contributed by atoms with Gasteiger partial charge in [0.05, 0.1) is 0 Å². The van der Waals surface area contributed by atoms with E-state index in [9.17, 15) is 26.3 Å². The van der Waals surface area contributed by atoms with Crippen molar-refractivity contribution in [1.29, 1.82) is 0 Å². The van der Waals surface area contributed by atoms with Crippen LogP contribution in [-0.2, 0) is 12.4 Å². The Hall–Kier alpha value is -2.90. The van der Waals surface area contributed by atoms with Crippen LogP contribution in [0.3, 0.4) is 0 Å². The molecule has 0 fully saturated rings.